The molecule has 0 saturated carbocycles. The summed E-state index contributed by atoms with van der Waals surface area (Å²) in [7, 11) is 1.57. The van der Waals surface area contributed by atoms with Crippen molar-refractivity contribution in [2.75, 3.05) is 7.11 Å². The number of amides is 1. The molecule has 138 valence electrons. The fourth-order valence-corrected chi connectivity index (χ4v) is 2.15. The van der Waals surface area contributed by atoms with E-state index in [1.807, 2.05) is 12.1 Å². The molecule has 8 nitrogen and oxygen atoms in total. The number of carbonyl (C=O) groups is 1. The number of hydrazone groups is 1. The number of benzene rings is 2. The van der Waals surface area contributed by atoms with Crippen molar-refractivity contribution in [2.24, 2.45) is 5.10 Å². The number of rotatable bonds is 7. The van der Waals surface area contributed by atoms with E-state index in [4.69, 9.17) is 9.47 Å². The van der Waals surface area contributed by atoms with Crippen LogP contribution in [0, 0.1) is 6.92 Å². The Bertz CT molecular complexity index is 918. The van der Waals surface area contributed by atoms with Crippen LogP contribution < -0.4 is 14.9 Å². The fraction of sp³-hybridized carbons (Fsp3) is 0.158. The molecule has 0 saturated heterocycles. The number of nitrogens with zero attached hydrogens (tertiary/aromatic N) is 3. The molecule has 0 fully saturated rings. The monoisotopic (exact) mass is 366 g/mol. The molecule has 0 unspecified atom stereocenters. The molecule has 1 amide bonds. The van der Waals surface area contributed by atoms with E-state index in [2.05, 4.69) is 25.5 Å². The Labute approximate surface area is 155 Å². The van der Waals surface area contributed by atoms with Crippen molar-refractivity contribution in [1.82, 2.24) is 15.7 Å². The molecule has 3 rings (SSSR count). The maximum absolute atomic E-state index is 12.0. The predicted octanol–water partition coefficient (Wildman–Crippen LogP) is 2.73. The van der Waals surface area contributed by atoms with Crippen molar-refractivity contribution in [2.45, 2.75) is 13.5 Å². The zero-order chi connectivity index (χ0) is 19.1. The molecule has 0 aliphatic heterocycles. The minimum Gasteiger partial charge on any atom is -0.497 e. The van der Waals surface area contributed by atoms with E-state index >= 15 is 0 Å². The largest absolute Gasteiger partial charge is 0.497 e. The highest BCUT2D eigenvalue weighted by Crippen LogP contribution is 2.14. The number of carbonyl (C=O) groups excluding carboxylic acids is 1. The number of methoxy groups -OCH3 is 1. The van der Waals surface area contributed by atoms with Gasteiger partial charge in [0.25, 0.3) is 5.91 Å². The highest BCUT2D eigenvalue weighted by Gasteiger charge is 2.06. The molecule has 0 atom stereocenters. The van der Waals surface area contributed by atoms with Gasteiger partial charge in [0.05, 0.1) is 13.3 Å². The number of aromatic nitrogens is 2. The maximum Gasteiger partial charge on any atom is 0.271 e. The first kappa shape index (κ1) is 18.1. The van der Waals surface area contributed by atoms with Gasteiger partial charge in [-0.3, -0.25) is 4.79 Å². The van der Waals surface area contributed by atoms with Gasteiger partial charge in [0, 0.05) is 5.56 Å². The summed E-state index contributed by atoms with van der Waals surface area (Å²) in [4.78, 5) is 12.0. The lowest BCUT2D eigenvalue weighted by Crippen LogP contribution is -2.17. The molecular formula is C19H18N4O4. The van der Waals surface area contributed by atoms with Gasteiger partial charge < -0.3 is 9.47 Å². The second-order valence-electron chi connectivity index (χ2n) is 5.58. The van der Waals surface area contributed by atoms with Gasteiger partial charge in [-0.25, -0.2) is 10.1 Å². The zero-order valence-corrected chi connectivity index (χ0v) is 14.9. The van der Waals surface area contributed by atoms with Crippen LogP contribution in [0.15, 0.2) is 58.3 Å². The molecule has 0 aliphatic carbocycles. The summed E-state index contributed by atoms with van der Waals surface area (Å²) in [5.41, 5.74) is 5.15. The highest BCUT2D eigenvalue weighted by molar-refractivity contribution is 5.95. The number of nitrogens with one attached hydrogen (secondary N) is 1. The normalized spacial score (nSPS) is 10.7. The van der Waals surface area contributed by atoms with E-state index in [0.717, 1.165) is 5.56 Å². The first-order valence-electron chi connectivity index (χ1n) is 8.14. The average Bonchev–Trinajstić information content (AvgIpc) is 3.12. The Morgan fingerprint density at radius 1 is 1.11 bits per heavy atom. The van der Waals surface area contributed by atoms with Crippen molar-refractivity contribution >= 4 is 12.1 Å². The summed E-state index contributed by atoms with van der Waals surface area (Å²) in [6.07, 6.45) is 1.55. The van der Waals surface area contributed by atoms with Gasteiger partial charge in [-0.1, -0.05) is 10.3 Å². The van der Waals surface area contributed by atoms with Gasteiger partial charge >= 0.3 is 0 Å². The van der Waals surface area contributed by atoms with Gasteiger partial charge in [0.1, 0.15) is 29.5 Å². The molecule has 2 aromatic carbocycles. The van der Waals surface area contributed by atoms with Crippen molar-refractivity contribution in [3.8, 4) is 11.5 Å². The molecule has 0 radical (unpaired) electrons. The average molecular weight is 366 g/mol. The Balaban J connectivity index is 1.51. The minimum atomic E-state index is -0.301. The van der Waals surface area contributed by atoms with E-state index in [-0.39, 0.29) is 12.5 Å². The second-order valence-corrected chi connectivity index (χ2v) is 5.58. The molecule has 1 N–H and O–H groups in total. The van der Waals surface area contributed by atoms with Gasteiger partial charge in [0.2, 0.25) is 0 Å². The number of hydrogen-bond acceptors (Lipinski definition) is 7. The topological polar surface area (TPSA) is 98.8 Å². The Morgan fingerprint density at radius 3 is 2.44 bits per heavy atom. The summed E-state index contributed by atoms with van der Waals surface area (Å²) < 4.78 is 15.3. The van der Waals surface area contributed by atoms with Crippen LogP contribution in [0.25, 0.3) is 0 Å². The van der Waals surface area contributed by atoms with E-state index in [0.29, 0.717) is 28.5 Å². The standard InChI is InChI=1S/C19H18N4O4/c1-13-18(23-27-22-13)12-26-17-7-3-14(4-8-17)11-20-21-19(24)15-5-9-16(25-2)10-6-15/h3-11H,12H2,1-2H3,(H,21,24)/b20-11+. The molecular weight excluding hydrogens is 348 g/mol. The zero-order valence-electron chi connectivity index (χ0n) is 14.9. The molecule has 3 aromatic rings. The van der Waals surface area contributed by atoms with E-state index in [1.165, 1.54) is 0 Å². The van der Waals surface area contributed by atoms with Crippen LogP contribution in [0.1, 0.15) is 27.3 Å². The first-order chi connectivity index (χ1) is 13.2. The van der Waals surface area contributed by atoms with Crippen molar-refractivity contribution in [1.29, 1.82) is 0 Å². The van der Waals surface area contributed by atoms with E-state index in [1.54, 1.807) is 56.6 Å². The predicted molar refractivity (Wildman–Crippen MR) is 97.9 cm³/mol. The fourth-order valence-electron chi connectivity index (χ4n) is 2.15. The van der Waals surface area contributed by atoms with Crippen LogP contribution in [0.4, 0.5) is 0 Å². The Morgan fingerprint density at radius 2 is 1.81 bits per heavy atom. The lowest BCUT2D eigenvalue weighted by atomic mass is 10.2. The second kappa shape index (κ2) is 8.61. The number of hydrogen-bond donors (Lipinski definition) is 1. The van der Waals surface area contributed by atoms with Crippen LogP contribution in [0.5, 0.6) is 11.5 Å². The van der Waals surface area contributed by atoms with Crippen LogP contribution in [0.2, 0.25) is 0 Å². The van der Waals surface area contributed by atoms with E-state index in [9.17, 15) is 4.79 Å². The third kappa shape index (κ3) is 4.91. The third-order valence-electron chi connectivity index (χ3n) is 3.73. The summed E-state index contributed by atoms with van der Waals surface area (Å²) in [5, 5.41) is 11.4. The molecule has 1 aromatic heterocycles. The Kier molecular flexibility index (Phi) is 5.78. The van der Waals surface area contributed by atoms with Gasteiger partial charge in [-0.15, -0.1) is 0 Å². The number of ether oxygens (including phenoxy) is 2. The smallest absolute Gasteiger partial charge is 0.271 e. The molecule has 0 spiro atoms. The lowest BCUT2D eigenvalue weighted by molar-refractivity contribution is 0.0955. The molecule has 0 bridgehead atoms. The minimum absolute atomic E-state index is 0.278. The Hall–Kier alpha value is -3.68. The SMILES string of the molecule is COc1ccc(C(=O)N/N=C/c2ccc(OCc3nonc3C)cc2)cc1. The van der Waals surface area contributed by atoms with Crippen molar-refractivity contribution in [3.05, 3.63) is 71.0 Å². The van der Waals surface area contributed by atoms with Crippen molar-refractivity contribution in [3.63, 3.8) is 0 Å². The quantitative estimate of drug-likeness (QED) is 0.510. The number of aryl methyl sites for hydroxylation is 1. The molecule has 27 heavy (non-hydrogen) atoms. The van der Waals surface area contributed by atoms with Gasteiger partial charge in [-0.05, 0) is 61.0 Å². The third-order valence-corrected chi connectivity index (χ3v) is 3.73. The van der Waals surface area contributed by atoms with Crippen LogP contribution in [0.3, 0.4) is 0 Å². The summed E-state index contributed by atoms with van der Waals surface area (Å²) in [6.45, 7) is 2.08. The highest BCUT2D eigenvalue weighted by atomic mass is 16.6. The maximum atomic E-state index is 12.0. The summed E-state index contributed by atoms with van der Waals surface area (Å²) in [5.74, 6) is 1.06. The first-order valence-corrected chi connectivity index (χ1v) is 8.14. The van der Waals surface area contributed by atoms with Gasteiger partial charge in [0.15, 0.2) is 0 Å². The van der Waals surface area contributed by atoms with E-state index < -0.39 is 0 Å². The van der Waals surface area contributed by atoms with Crippen LogP contribution in [-0.4, -0.2) is 29.5 Å². The summed E-state index contributed by atoms with van der Waals surface area (Å²) >= 11 is 0. The molecule has 8 heteroatoms. The van der Waals surface area contributed by atoms with Crippen LogP contribution in [-0.2, 0) is 6.61 Å². The lowest BCUT2D eigenvalue weighted by Gasteiger charge is -2.04. The molecule has 0 aliphatic rings. The summed E-state index contributed by atoms with van der Waals surface area (Å²) in [6, 6.07) is 14.0. The van der Waals surface area contributed by atoms with Crippen LogP contribution >= 0.6 is 0 Å². The molecule has 1 heterocycles. The van der Waals surface area contributed by atoms with Gasteiger partial charge in [-0.2, -0.15) is 5.10 Å². The van der Waals surface area contributed by atoms with Crippen molar-refractivity contribution < 1.29 is 18.9 Å².